The number of aromatic nitrogens is 2. The number of hydrogen-bond acceptors (Lipinski definition) is 3. The summed E-state index contributed by atoms with van der Waals surface area (Å²) < 4.78 is 0.789. The monoisotopic (exact) mass is 250 g/mol. The second-order valence-corrected chi connectivity index (χ2v) is 5.73. The van der Waals surface area contributed by atoms with Crippen LogP contribution in [0.5, 0.6) is 0 Å². The van der Waals surface area contributed by atoms with Gasteiger partial charge in [0.15, 0.2) is 5.82 Å². The van der Waals surface area contributed by atoms with Gasteiger partial charge in [0, 0.05) is 11.4 Å². The highest BCUT2D eigenvalue weighted by molar-refractivity contribution is 7.19. The lowest BCUT2D eigenvalue weighted by molar-refractivity contribution is 0.899. The molecular formula is C12H11ClN2S. The summed E-state index contributed by atoms with van der Waals surface area (Å²) in [4.78, 5) is 10.3. The highest BCUT2D eigenvalue weighted by atomic mass is 35.5. The molecule has 0 saturated carbocycles. The minimum atomic E-state index is 0.789. The summed E-state index contributed by atoms with van der Waals surface area (Å²) in [6.45, 7) is 2.07. The van der Waals surface area contributed by atoms with Gasteiger partial charge in [-0.15, -0.1) is 11.3 Å². The Hall–Kier alpha value is -0.930. The van der Waals surface area contributed by atoms with Crippen molar-refractivity contribution < 1.29 is 0 Å². The van der Waals surface area contributed by atoms with Crippen LogP contribution in [0.3, 0.4) is 0 Å². The van der Waals surface area contributed by atoms with Crippen molar-refractivity contribution in [3.63, 3.8) is 0 Å². The van der Waals surface area contributed by atoms with E-state index < -0.39 is 0 Å². The number of thiophene rings is 1. The van der Waals surface area contributed by atoms with Crippen molar-refractivity contribution in [1.29, 1.82) is 0 Å². The van der Waals surface area contributed by atoms with Gasteiger partial charge in [-0.1, -0.05) is 11.6 Å². The summed E-state index contributed by atoms with van der Waals surface area (Å²) in [6.07, 6.45) is 3.43. The zero-order valence-corrected chi connectivity index (χ0v) is 10.5. The van der Waals surface area contributed by atoms with Crippen LogP contribution >= 0.6 is 22.9 Å². The Kier molecular flexibility index (Phi) is 2.45. The maximum Gasteiger partial charge on any atom is 0.169 e. The van der Waals surface area contributed by atoms with Crippen molar-refractivity contribution in [2.45, 2.75) is 26.2 Å². The molecule has 0 spiro atoms. The fourth-order valence-electron chi connectivity index (χ4n) is 2.16. The summed E-state index contributed by atoms with van der Waals surface area (Å²) in [5.41, 5.74) is 3.71. The normalized spacial score (nSPS) is 14.1. The van der Waals surface area contributed by atoms with Gasteiger partial charge in [0.1, 0.15) is 0 Å². The van der Waals surface area contributed by atoms with Gasteiger partial charge in [0.2, 0.25) is 0 Å². The van der Waals surface area contributed by atoms with Crippen LogP contribution in [0.2, 0.25) is 4.34 Å². The Labute approximate surface area is 103 Å². The van der Waals surface area contributed by atoms with Gasteiger partial charge in [-0.2, -0.15) is 0 Å². The van der Waals surface area contributed by atoms with Gasteiger partial charge in [0.05, 0.1) is 9.21 Å². The molecule has 0 aliphatic heterocycles. The summed E-state index contributed by atoms with van der Waals surface area (Å²) >= 11 is 7.47. The third-order valence-electron chi connectivity index (χ3n) is 2.93. The largest absolute Gasteiger partial charge is 0.232 e. The Balaban J connectivity index is 2.12. The third-order valence-corrected chi connectivity index (χ3v) is 4.16. The summed E-state index contributed by atoms with van der Waals surface area (Å²) in [6, 6.07) is 3.89. The van der Waals surface area contributed by atoms with Gasteiger partial charge >= 0.3 is 0 Å². The number of hydrogen-bond donors (Lipinski definition) is 0. The van der Waals surface area contributed by atoms with E-state index in [1.165, 1.54) is 29.0 Å². The molecule has 0 saturated heterocycles. The third kappa shape index (κ3) is 1.64. The molecule has 82 valence electrons. The smallest absolute Gasteiger partial charge is 0.169 e. The Morgan fingerprint density at radius 1 is 1.25 bits per heavy atom. The van der Waals surface area contributed by atoms with E-state index >= 15 is 0 Å². The van der Waals surface area contributed by atoms with Gasteiger partial charge in [-0.25, -0.2) is 9.97 Å². The Morgan fingerprint density at radius 3 is 2.88 bits per heavy atom. The molecule has 4 heteroatoms. The lowest BCUT2D eigenvalue weighted by Gasteiger charge is -2.04. The van der Waals surface area contributed by atoms with E-state index in [0.29, 0.717) is 0 Å². The molecule has 2 heterocycles. The summed E-state index contributed by atoms with van der Waals surface area (Å²) in [5, 5.41) is 0. The van der Waals surface area contributed by atoms with E-state index in [4.69, 9.17) is 11.6 Å². The fourth-order valence-corrected chi connectivity index (χ4v) is 3.14. The molecule has 1 aliphatic carbocycles. The van der Waals surface area contributed by atoms with Crippen LogP contribution < -0.4 is 0 Å². The topological polar surface area (TPSA) is 25.8 Å². The van der Waals surface area contributed by atoms with E-state index in [1.807, 2.05) is 12.1 Å². The molecule has 0 bridgehead atoms. The van der Waals surface area contributed by atoms with Crippen molar-refractivity contribution in [3.05, 3.63) is 33.4 Å². The maximum absolute atomic E-state index is 5.93. The van der Waals surface area contributed by atoms with Crippen molar-refractivity contribution in [1.82, 2.24) is 9.97 Å². The molecule has 0 fully saturated rings. The van der Waals surface area contributed by atoms with Gasteiger partial charge < -0.3 is 0 Å². The Bertz CT molecular complexity index is 548. The van der Waals surface area contributed by atoms with Crippen LogP contribution in [-0.4, -0.2) is 9.97 Å². The van der Waals surface area contributed by atoms with Gasteiger partial charge in [-0.3, -0.25) is 0 Å². The zero-order chi connectivity index (χ0) is 11.1. The first-order valence-electron chi connectivity index (χ1n) is 5.36. The first kappa shape index (κ1) is 10.2. The first-order chi connectivity index (χ1) is 7.74. The fraction of sp³-hybridized carbons (Fsp3) is 0.333. The molecular weight excluding hydrogens is 240 g/mol. The number of fused-ring (bicyclic) bond motifs is 1. The van der Waals surface area contributed by atoms with Crippen molar-refractivity contribution in [2.75, 3.05) is 0 Å². The highest BCUT2D eigenvalue weighted by Gasteiger charge is 2.17. The summed E-state index contributed by atoms with van der Waals surface area (Å²) in [7, 11) is 0. The van der Waals surface area contributed by atoms with Crippen LogP contribution in [0, 0.1) is 6.92 Å². The molecule has 0 atom stereocenters. The number of rotatable bonds is 1. The molecule has 2 nitrogen and oxygen atoms in total. The van der Waals surface area contributed by atoms with Crippen LogP contribution in [0.15, 0.2) is 12.1 Å². The van der Waals surface area contributed by atoms with E-state index in [9.17, 15) is 0 Å². The maximum atomic E-state index is 5.93. The van der Waals surface area contributed by atoms with Crippen LogP contribution in [0.25, 0.3) is 10.7 Å². The van der Waals surface area contributed by atoms with Gasteiger partial charge in [0.25, 0.3) is 0 Å². The lowest BCUT2D eigenvalue weighted by atomic mass is 10.2. The molecule has 0 N–H and O–H groups in total. The predicted molar refractivity (Wildman–Crippen MR) is 67.1 cm³/mol. The number of aryl methyl sites for hydroxylation is 2. The van der Waals surface area contributed by atoms with E-state index in [1.54, 1.807) is 0 Å². The number of halogens is 1. The average Bonchev–Trinajstić information content (AvgIpc) is 2.85. The van der Waals surface area contributed by atoms with Crippen molar-refractivity contribution in [2.24, 2.45) is 0 Å². The second-order valence-electron chi connectivity index (χ2n) is 4.02. The predicted octanol–water partition coefficient (Wildman–Crippen LogP) is 3.66. The molecule has 0 amide bonds. The molecule has 2 aromatic heterocycles. The molecule has 2 aromatic rings. The molecule has 0 unspecified atom stereocenters. The standard InChI is InChI=1S/C12H11ClN2S/c1-7-8-3-2-4-9(8)15-12(14-7)10-5-6-11(13)16-10/h5-6H,2-4H2,1H3. The van der Waals surface area contributed by atoms with E-state index in [2.05, 4.69) is 16.9 Å². The average molecular weight is 251 g/mol. The Morgan fingerprint density at radius 2 is 2.12 bits per heavy atom. The van der Waals surface area contributed by atoms with Crippen LogP contribution in [0.4, 0.5) is 0 Å². The molecule has 3 rings (SSSR count). The second kappa shape index (κ2) is 3.82. The lowest BCUT2D eigenvalue weighted by Crippen LogP contribution is -1.98. The molecule has 16 heavy (non-hydrogen) atoms. The van der Waals surface area contributed by atoms with Gasteiger partial charge in [-0.05, 0) is 43.9 Å². The van der Waals surface area contributed by atoms with Crippen molar-refractivity contribution >= 4 is 22.9 Å². The highest BCUT2D eigenvalue weighted by Crippen LogP contribution is 2.31. The SMILES string of the molecule is Cc1nc(-c2ccc(Cl)s2)nc2c1CCC2. The van der Waals surface area contributed by atoms with Crippen molar-refractivity contribution in [3.8, 4) is 10.7 Å². The molecule has 0 aromatic carbocycles. The van der Waals surface area contributed by atoms with E-state index in [-0.39, 0.29) is 0 Å². The summed E-state index contributed by atoms with van der Waals surface area (Å²) in [5.74, 6) is 0.829. The molecule has 0 radical (unpaired) electrons. The first-order valence-corrected chi connectivity index (χ1v) is 6.55. The molecule has 1 aliphatic rings. The number of nitrogens with zero attached hydrogens (tertiary/aromatic N) is 2. The van der Waals surface area contributed by atoms with Crippen LogP contribution in [0.1, 0.15) is 23.4 Å². The zero-order valence-electron chi connectivity index (χ0n) is 8.96. The van der Waals surface area contributed by atoms with E-state index in [0.717, 1.165) is 33.6 Å². The van der Waals surface area contributed by atoms with Crippen LogP contribution in [-0.2, 0) is 12.8 Å². The quantitative estimate of drug-likeness (QED) is 0.772. The minimum Gasteiger partial charge on any atom is -0.232 e. The minimum absolute atomic E-state index is 0.789.